The molecule has 3 rings (SSSR count). The number of amides is 2. The number of anilines is 1. The molecule has 6 heteroatoms. The number of carbonyl (C=O) groups is 2. The monoisotopic (exact) mass is 310 g/mol. The zero-order valence-electron chi connectivity index (χ0n) is 11.7. The Morgan fingerprint density at radius 2 is 2.00 bits per heavy atom. The number of hydrogen-bond acceptors (Lipinski definition) is 2. The zero-order chi connectivity index (χ0) is 15.2. The zero-order valence-corrected chi connectivity index (χ0v) is 12.4. The summed E-state index contributed by atoms with van der Waals surface area (Å²) >= 11 is 6.07. The molecule has 112 valence electrons. The van der Waals surface area contributed by atoms with Crippen LogP contribution in [-0.4, -0.2) is 23.4 Å². The summed E-state index contributed by atoms with van der Waals surface area (Å²) in [6.07, 6.45) is 2.93. The van der Waals surface area contributed by atoms with Gasteiger partial charge in [0.25, 0.3) is 5.91 Å². The van der Waals surface area contributed by atoms with Gasteiger partial charge in [-0.25, -0.2) is 4.39 Å². The molecular weight excluding hydrogens is 295 g/mol. The number of carbonyl (C=O) groups excluding carboxylic acids is 2. The molecule has 1 aromatic carbocycles. The lowest BCUT2D eigenvalue weighted by Gasteiger charge is -2.43. The normalized spacial score (nSPS) is 24.5. The number of halogens is 2. The van der Waals surface area contributed by atoms with Gasteiger partial charge in [-0.1, -0.05) is 30.5 Å². The van der Waals surface area contributed by atoms with Gasteiger partial charge in [0.05, 0.1) is 10.7 Å². The van der Waals surface area contributed by atoms with Gasteiger partial charge in [0, 0.05) is 0 Å². The van der Waals surface area contributed by atoms with Crippen LogP contribution >= 0.6 is 11.6 Å². The van der Waals surface area contributed by atoms with Gasteiger partial charge in [-0.2, -0.15) is 0 Å². The van der Waals surface area contributed by atoms with Crippen molar-refractivity contribution in [1.82, 2.24) is 5.32 Å². The predicted octanol–water partition coefficient (Wildman–Crippen LogP) is 2.64. The van der Waals surface area contributed by atoms with E-state index in [1.807, 2.05) is 0 Å². The maximum absolute atomic E-state index is 14.2. The number of hydrogen-bond donors (Lipinski definition) is 1. The van der Waals surface area contributed by atoms with Crippen molar-refractivity contribution in [2.75, 3.05) is 4.90 Å². The highest BCUT2D eigenvalue weighted by Crippen LogP contribution is 2.39. The first kappa shape index (κ1) is 14.3. The van der Waals surface area contributed by atoms with Crippen molar-refractivity contribution < 1.29 is 14.0 Å². The second-order valence-corrected chi connectivity index (χ2v) is 6.11. The predicted molar refractivity (Wildman–Crippen MR) is 77.7 cm³/mol. The quantitative estimate of drug-likeness (QED) is 0.867. The number of nitrogens with one attached hydrogen (secondary N) is 1. The van der Waals surface area contributed by atoms with E-state index in [-0.39, 0.29) is 22.5 Å². The van der Waals surface area contributed by atoms with Gasteiger partial charge in [-0.05, 0) is 31.9 Å². The molecule has 1 saturated carbocycles. The summed E-state index contributed by atoms with van der Waals surface area (Å²) in [4.78, 5) is 26.4. The number of benzene rings is 1. The van der Waals surface area contributed by atoms with Crippen molar-refractivity contribution in [3.63, 3.8) is 0 Å². The van der Waals surface area contributed by atoms with E-state index in [0.29, 0.717) is 12.8 Å². The van der Waals surface area contributed by atoms with E-state index in [1.165, 1.54) is 23.1 Å². The number of nitrogens with zero attached hydrogens (tertiary/aromatic N) is 1. The van der Waals surface area contributed by atoms with Gasteiger partial charge in [-0.3, -0.25) is 14.5 Å². The first-order chi connectivity index (χ1) is 9.96. The first-order valence-electron chi connectivity index (χ1n) is 7.06. The van der Waals surface area contributed by atoms with Gasteiger partial charge in [0.1, 0.15) is 17.4 Å². The summed E-state index contributed by atoms with van der Waals surface area (Å²) in [5.74, 6) is -1.12. The topological polar surface area (TPSA) is 49.4 Å². The molecule has 2 fully saturated rings. The van der Waals surface area contributed by atoms with Gasteiger partial charge in [0.2, 0.25) is 5.91 Å². The fraction of sp³-hybridized carbons (Fsp3) is 0.467. The minimum atomic E-state index is -0.894. The van der Waals surface area contributed by atoms with Crippen LogP contribution in [0.5, 0.6) is 0 Å². The van der Waals surface area contributed by atoms with Crippen molar-refractivity contribution in [2.45, 2.75) is 44.2 Å². The fourth-order valence-electron chi connectivity index (χ4n) is 3.25. The van der Waals surface area contributed by atoms with Crippen molar-refractivity contribution in [3.8, 4) is 0 Å². The summed E-state index contributed by atoms with van der Waals surface area (Å²) in [6, 6.07) is 3.47. The highest BCUT2D eigenvalue weighted by molar-refractivity contribution is 6.34. The molecule has 1 aliphatic heterocycles. The Morgan fingerprint density at radius 1 is 1.33 bits per heavy atom. The first-order valence-corrected chi connectivity index (χ1v) is 7.44. The van der Waals surface area contributed by atoms with Gasteiger partial charge in [0.15, 0.2) is 0 Å². The average molecular weight is 311 g/mol. The maximum atomic E-state index is 14.2. The molecule has 1 aliphatic carbocycles. The van der Waals surface area contributed by atoms with Gasteiger partial charge < -0.3 is 5.32 Å². The van der Waals surface area contributed by atoms with Crippen molar-refractivity contribution in [1.29, 1.82) is 0 Å². The van der Waals surface area contributed by atoms with E-state index in [1.54, 1.807) is 6.92 Å². The number of para-hydroxylation sites is 1. The molecule has 1 heterocycles. The third-order valence-corrected chi connectivity index (χ3v) is 4.70. The molecule has 2 amide bonds. The van der Waals surface area contributed by atoms with E-state index in [4.69, 9.17) is 11.6 Å². The lowest BCUT2D eigenvalue weighted by molar-refractivity contribution is -0.137. The third kappa shape index (κ3) is 2.11. The molecule has 0 aromatic heterocycles. The van der Waals surface area contributed by atoms with Crippen LogP contribution < -0.4 is 10.2 Å². The molecule has 1 spiro atoms. The van der Waals surface area contributed by atoms with E-state index < -0.39 is 17.4 Å². The van der Waals surface area contributed by atoms with Crippen molar-refractivity contribution in [3.05, 3.63) is 29.0 Å². The van der Waals surface area contributed by atoms with Crippen LogP contribution in [0.1, 0.15) is 32.6 Å². The molecule has 1 N–H and O–H groups in total. The van der Waals surface area contributed by atoms with E-state index >= 15 is 0 Å². The van der Waals surface area contributed by atoms with Crippen LogP contribution in [0.15, 0.2) is 18.2 Å². The second kappa shape index (κ2) is 4.98. The molecule has 0 bridgehead atoms. The van der Waals surface area contributed by atoms with E-state index in [2.05, 4.69) is 5.32 Å². The molecule has 1 atom stereocenters. The Kier molecular flexibility index (Phi) is 3.40. The summed E-state index contributed by atoms with van der Waals surface area (Å²) in [5.41, 5.74) is -0.896. The van der Waals surface area contributed by atoms with Crippen LogP contribution in [0.3, 0.4) is 0 Å². The SMILES string of the molecule is CC1C(=O)NC2(CCCC2)C(=O)N1c1c(F)cccc1Cl. The molecule has 1 unspecified atom stereocenters. The minimum absolute atomic E-state index is 0.00204. The van der Waals surface area contributed by atoms with E-state index in [0.717, 1.165) is 12.8 Å². The molecule has 21 heavy (non-hydrogen) atoms. The summed E-state index contributed by atoms with van der Waals surface area (Å²) < 4.78 is 14.2. The van der Waals surface area contributed by atoms with Crippen LogP contribution in [0, 0.1) is 5.82 Å². The van der Waals surface area contributed by atoms with Gasteiger partial charge >= 0.3 is 0 Å². The molecule has 1 saturated heterocycles. The maximum Gasteiger partial charge on any atom is 0.253 e. The fourth-order valence-corrected chi connectivity index (χ4v) is 3.50. The lowest BCUT2D eigenvalue weighted by Crippen LogP contribution is -2.69. The molecule has 2 aliphatic rings. The Balaban J connectivity index is 2.10. The van der Waals surface area contributed by atoms with Gasteiger partial charge in [-0.15, -0.1) is 0 Å². The molecular formula is C15H16ClFN2O2. The Morgan fingerprint density at radius 3 is 2.62 bits per heavy atom. The lowest BCUT2D eigenvalue weighted by atomic mass is 9.90. The van der Waals surface area contributed by atoms with Crippen LogP contribution in [0.2, 0.25) is 5.02 Å². The summed E-state index contributed by atoms with van der Waals surface area (Å²) in [7, 11) is 0. The third-order valence-electron chi connectivity index (χ3n) is 4.39. The number of rotatable bonds is 1. The largest absolute Gasteiger partial charge is 0.340 e. The summed E-state index contributed by atoms with van der Waals surface area (Å²) in [5, 5.41) is 2.97. The minimum Gasteiger partial charge on any atom is -0.340 e. The van der Waals surface area contributed by atoms with Crippen LogP contribution in [0.4, 0.5) is 10.1 Å². The van der Waals surface area contributed by atoms with Crippen LogP contribution in [0.25, 0.3) is 0 Å². The molecule has 0 radical (unpaired) electrons. The van der Waals surface area contributed by atoms with Crippen LogP contribution in [-0.2, 0) is 9.59 Å². The summed E-state index contributed by atoms with van der Waals surface area (Å²) in [6.45, 7) is 1.58. The Hall–Kier alpha value is -1.62. The van der Waals surface area contributed by atoms with Crippen molar-refractivity contribution >= 4 is 29.1 Å². The molecule has 4 nitrogen and oxygen atoms in total. The average Bonchev–Trinajstić information content (AvgIpc) is 2.89. The highest BCUT2D eigenvalue weighted by atomic mass is 35.5. The number of piperazine rings is 1. The Bertz CT molecular complexity index is 593. The van der Waals surface area contributed by atoms with E-state index in [9.17, 15) is 14.0 Å². The smallest absolute Gasteiger partial charge is 0.253 e. The second-order valence-electron chi connectivity index (χ2n) is 5.70. The Labute approximate surface area is 127 Å². The highest BCUT2D eigenvalue weighted by Gasteiger charge is 2.52. The molecule has 1 aromatic rings. The van der Waals surface area contributed by atoms with Crippen molar-refractivity contribution in [2.24, 2.45) is 0 Å². The standard InChI is InChI=1S/C15H16ClFN2O2/c1-9-13(20)18-15(7-2-3-8-15)14(21)19(9)12-10(16)5-4-6-11(12)17/h4-6,9H,2-3,7-8H2,1H3,(H,18,20).